The zero-order valence-corrected chi connectivity index (χ0v) is 9.44. The third-order valence-corrected chi connectivity index (χ3v) is 0.376. The van der Waals surface area contributed by atoms with Gasteiger partial charge < -0.3 is 45.0 Å². The van der Waals surface area contributed by atoms with Crippen LogP contribution in [0, 0.1) is 0 Å². The van der Waals surface area contributed by atoms with Crippen molar-refractivity contribution >= 4 is 17.9 Å². The molecule has 90 valence electrons. The van der Waals surface area contributed by atoms with Gasteiger partial charge in [0.25, 0.3) is 0 Å². The smallest absolute Gasteiger partial charge is 0.850 e. The number of carboxylic acid groups (broad SMARTS) is 3. The number of carbonyl (C=O) groups is 3. The number of carboxylic acids is 3. The van der Waals surface area contributed by atoms with Gasteiger partial charge in [-0.05, 0) is 0 Å². The largest absolute Gasteiger partial charge is 4.00 e. The number of aliphatic hydroxyl groups excluding tert-OH is 2. The minimum atomic E-state index is -1.55. The predicted octanol–water partition coefficient (Wildman–Crippen LogP) is -7.45. The first-order chi connectivity index (χ1) is 6.81. The van der Waals surface area contributed by atoms with Crippen molar-refractivity contribution in [3.63, 3.8) is 0 Å². The fraction of sp³-hybridized carbons (Fsp3) is 0.500. The molecule has 0 aromatic heterocycles. The average molecular weight is 272 g/mol. The zero-order valence-electron chi connectivity index (χ0n) is 7.87. The standard InChI is InChI=1S/2C2H4O3.C2H3O3.Ti/c3*3-1-2(4)5;/h2*3H,1H2,(H,4,5);1H2,(H,4,5);/q;;-1;+4/p-3. The van der Waals surface area contributed by atoms with Gasteiger partial charge in [0.15, 0.2) is 0 Å². The van der Waals surface area contributed by atoms with Crippen LogP contribution in [0.2, 0.25) is 0 Å². The minimum absolute atomic E-state index is 0. The molecule has 0 aliphatic rings. The monoisotopic (exact) mass is 272 g/mol. The van der Waals surface area contributed by atoms with Crippen molar-refractivity contribution in [2.75, 3.05) is 19.8 Å². The van der Waals surface area contributed by atoms with E-state index in [1.165, 1.54) is 0 Å². The minimum Gasteiger partial charge on any atom is -0.850 e. The van der Waals surface area contributed by atoms with Crippen LogP contribution in [-0.2, 0) is 36.1 Å². The van der Waals surface area contributed by atoms with Gasteiger partial charge in [-0.25, -0.2) is 0 Å². The summed E-state index contributed by atoms with van der Waals surface area (Å²) in [6.45, 7) is -2.92. The summed E-state index contributed by atoms with van der Waals surface area (Å²) in [6.07, 6.45) is 0. The van der Waals surface area contributed by atoms with Crippen LogP contribution in [0.1, 0.15) is 0 Å². The van der Waals surface area contributed by atoms with Gasteiger partial charge in [0.05, 0.1) is 25.2 Å². The van der Waals surface area contributed by atoms with E-state index in [-0.39, 0.29) is 21.7 Å². The van der Waals surface area contributed by atoms with Gasteiger partial charge in [-0.1, -0.05) is 6.61 Å². The molecule has 0 atom stereocenters. The Morgan fingerprint density at radius 2 is 0.938 bits per heavy atom. The van der Waals surface area contributed by atoms with Crippen molar-refractivity contribution in [1.29, 1.82) is 0 Å². The Hall–Kier alpha value is -0.996. The van der Waals surface area contributed by atoms with E-state index in [1.807, 2.05) is 0 Å². The van der Waals surface area contributed by atoms with E-state index in [0.29, 0.717) is 0 Å². The Labute approximate surface area is 105 Å². The van der Waals surface area contributed by atoms with Gasteiger partial charge in [-0.15, -0.1) is 0 Å². The molecular formula is C6H8O9Ti. The first-order valence-electron chi connectivity index (χ1n) is 3.21. The van der Waals surface area contributed by atoms with Crippen LogP contribution in [0.4, 0.5) is 0 Å². The van der Waals surface area contributed by atoms with E-state index in [1.54, 1.807) is 0 Å². The molecular weight excluding hydrogens is 264 g/mol. The predicted molar refractivity (Wildman–Crippen MR) is 34.1 cm³/mol. The fourth-order valence-electron chi connectivity index (χ4n) is 0. The Morgan fingerprint density at radius 1 is 0.812 bits per heavy atom. The molecule has 0 aliphatic heterocycles. The van der Waals surface area contributed by atoms with E-state index in [4.69, 9.17) is 45.0 Å². The molecule has 0 spiro atoms. The van der Waals surface area contributed by atoms with Crippen LogP contribution in [0.25, 0.3) is 0 Å². The SMILES string of the molecule is O=C([O-])CO.O=C([O-])CO.O=C([O-])C[O-].[Ti+4]. The van der Waals surface area contributed by atoms with Crippen LogP contribution in [-0.4, -0.2) is 47.9 Å². The van der Waals surface area contributed by atoms with Gasteiger partial charge in [0.2, 0.25) is 0 Å². The molecule has 0 aromatic carbocycles. The molecule has 0 fully saturated rings. The molecule has 16 heavy (non-hydrogen) atoms. The summed E-state index contributed by atoms with van der Waals surface area (Å²) in [7, 11) is 0. The third-order valence-electron chi connectivity index (χ3n) is 0.376. The normalized spacial score (nSPS) is 6.94. The molecule has 0 aromatic rings. The molecule has 0 radical (unpaired) electrons. The van der Waals surface area contributed by atoms with Gasteiger partial charge in [0.1, 0.15) is 0 Å². The number of hydrogen-bond donors (Lipinski definition) is 2. The Bertz CT molecular complexity index is 159. The molecule has 0 aliphatic carbocycles. The average Bonchev–Trinajstić information content (AvgIpc) is 2.19. The van der Waals surface area contributed by atoms with E-state index in [9.17, 15) is 0 Å². The Balaban J connectivity index is -0.0000000655. The molecule has 0 heterocycles. The van der Waals surface area contributed by atoms with Crippen LogP contribution >= 0.6 is 0 Å². The molecule has 0 rings (SSSR count). The first kappa shape index (κ1) is 24.3. The molecule has 0 bridgehead atoms. The topological polar surface area (TPSA) is 184 Å². The third kappa shape index (κ3) is 74.8. The second-order valence-electron chi connectivity index (χ2n) is 1.58. The van der Waals surface area contributed by atoms with Crippen molar-refractivity contribution in [3.8, 4) is 0 Å². The number of aliphatic carboxylic acids is 3. The number of hydrogen-bond acceptors (Lipinski definition) is 9. The quantitative estimate of drug-likeness (QED) is 0.470. The molecule has 0 amide bonds. The van der Waals surface area contributed by atoms with Crippen LogP contribution in [0.5, 0.6) is 0 Å². The molecule has 0 saturated heterocycles. The van der Waals surface area contributed by atoms with Gasteiger partial charge in [0, 0.05) is 5.97 Å². The number of aliphatic hydroxyl groups is 2. The summed E-state index contributed by atoms with van der Waals surface area (Å²) in [4.78, 5) is 27.0. The second-order valence-corrected chi connectivity index (χ2v) is 1.58. The zero-order chi connectivity index (χ0) is 12.9. The van der Waals surface area contributed by atoms with Crippen LogP contribution < -0.4 is 20.4 Å². The van der Waals surface area contributed by atoms with E-state index >= 15 is 0 Å². The summed E-state index contributed by atoms with van der Waals surface area (Å²) in [5, 5.41) is 50.9. The Morgan fingerprint density at radius 3 is 0.938 bits per heavy atom. The molecule has 0 saturated carbocycles. The Kier molecular flexibility index (Phi) is 29.7. The summed E-state index contributed by atoms with van der Waals surface area (Å²) >= 11 is 0. The fourth-order valence-corrected chi connectivity index (χ4v) is 0. The summed E-state index contributed by atoms with van der Waals surface area (Å²) < 4.78 is 0. The van der Waals surface area contributed by atoms with Crippen molar-refractivity contribution in [3.05, 3.63) is 0 Å². The number of rotatable bonds is 3. The van der Waals surface area contributed by atoms with Crippen molar-refractivity contribution < 1.29 is 66.7 Å². The maximum absolute atomic E-state index is 9.01. The van der Waals surface area contributed by atoms with E-state index < -0.39 is 37.7 Å². The van der Waals surface area contributed by atoms with E-state index in [0.717, 1.165) is 0 Å². The van der Waals surface area contributed by atoms with Crippen LogP contribution in [0.15, 0.2) is 0 Å². The van der Waals surface area contributed by atoms with E-state index in [2.05, 4.69) is 0 Å². The maximum Gasteiger partial charge on any atom is 4.00 e. The van der Waals surface area contributed by atoms with Crippen LogP contribution in [0.3, 0.4) is 0 Å². The summed E-state index contributed by atoms with van der Waals surface area (Å²) in [5.41, 5.74) is 0. The molecule has 0 unspecified atom stereocenters. The van der Waals surface area contributed by atoms with Gasteiger partial charge in [-0.3, -0.25) is 0 Å². The van der Waals surface area contributed by atoms with Crippen molar-refractivity contribution in [2.45, 2.75) is 0 Å². The van der Waals surface area contributed by atoms with Crippen molar-refractivity contribution in [2.24, 2.45) is 0 Å². The molecule has 10 heteroatoms. The second kappa shape index (κ2) is 19.6. The summed E-state index contributed by atoms with van der Waals surface area (Å²) in [6, 6.07) is 0. The molecule has 2 N–H and O–H groups in total. The summed E-state index contributed by atoms with van der Waals surface area (Å²) in [5.74, 6) is -4.43. The first-order valence-corrected chi connectivity index (χ1v) is 3.21. The van der Waals surface area contributed by atoms with Gasteiger partial charge in [-0.2, -0.15) is 0 Å². The maximum atomic E-state index is 9.01. The van der Waals surface area contributed by atoms with Crippen molar-refractivity contribution in [1.82, 2.24) is 0 Å². The number of carbonyl (C=O) groups excluding carboxylic acids is 3. The van der Waals surface area contributed by atoms with Gasteiger partial charge >= 0.3 is 21.7 Å². The molecule has 9 nitrogen and oxygen atoms in total.